The maximum absolute atomic E-state index is 3.05. The van der Waals surface area contributed by atoms with Crippen LogP contribution in [0.15, 0.2) is 0 Å². The van der Waals surface area contributed by atoms with Crippen LogP contribution in [0.3, 0.4) is 0 Å². The van der Waals surface area contributed by atoms with Crippen molar-refractivity contribution >= 4 is 0 Å². The van der Waals surface area contributed by atoms with Crippen LogP contribution < -0.4 is 0 Å². The minimum absolute atomic E-state index is 0.925. The van der Waals surface area contributed by atoms with E-state index in [4.69, 9.17) is 0 Å². The Morgan fingerprint density at radius 1 is 0.486 bits per heavy atom. The average Bonchev–Trinajstić information content (AvgIpc) is 3.58. The molecule has 2 saturated heterocycles. The molecular formula is C35H58N2. The van der Waals surface area contributed by atoms with Crippen LogP contribution in [-0.2, 0) is 0 Å². The molecule has 14 unspecified atom stereocenters. The standard InChI is InChI=1S/C35H58N2/c1-20-13-15-30-28(17-20)32-24-11-7-5-9-22(24)26(34(32)36(30)3)19-27-23-10-6-8-12-25(23)33-29-18-21(2)14-16-31(29)37(4)35(27)33/h20-35H,5-19H2,1-4H3/t20-,21?,22?,23?,24?,25?,26+,27?,28?,29?,30?,31?,32?,33?,34?,35?/m0/s1. The first-order valence-electron chi connectivity index (χ1n) is 17.5. The van der Waals surface area contributed by atoms with Gasteiger partial charge in [0, 0.05) is 24.2 Å². The first-order chi connectivity index (χ1) is 18.0. The molecule has 8 rings (SSSR count). The smallest absolute Gasteiger partial charge is 0.0161 e. The van der Waals surface area contributed by atoms with Crippen LogP contribution in [0.4, 0.5) is 0 Å². The average molecular weight is 507 g/mol. The zero-order valence-electron chi connectivity index (χ0n) is 24.7. The van der Waals surface area contributed by atoms with Crippen LogP contribution in [0.2, 0.25) is 0 Å². The van der Waals surface area contributed by atoms with E-state index in [0.29, 0.717) is 0 Å². The molecule has 0 amide bonds. The summed E-state index contributed by atoms with van der Waals surface area (Å²) in [7, 11) is 5.22. The molecule has 2 nitrogen and oxygen atoms in total. The molecule has 0 N–H and O–H groups in total. The van der Waals surface area contributed by atoms with E-state index in [1.54, 1.807) is 44.9 Å². The fraction of sp³-hybridized carbons (Fsp3) is 1.00. The number of hydrogen-bond acceptors (Lipinski definition) is 2. The Hall–Kier alpha value is -0.0800. The molecule has 0 bridgehead atoms. The van der Waals surface area contributed by atoms with Crippen molar-refractivity contribution in [1.82, 2.24) is 9.80 Å². The van der Waals surface area contributed by atoms with Gasteiger partial charge >= 0.3 is 0 Å². The molecule has 2 heterocycles. The summed E-state index contributed by atoms with van der Waals surface area (Å²) in [5.74, 6) is 12.5. The highest BCUT2D eigenvalue weighted by molar-refractivity contribution is 5.16. The molecule has 6 saturated carbocycles. The lowest BCUT2D eigenvalue weighted by atomic mass is 9.67. The maximum Gasteiger partial charge on any atom is 0.0161 e. The molecular weight excluding hydrogens is 448 g/mol. The largest absolute Gasteiger partial charge is 0.300 e. The summed E-state index contributed by atoms with van der Waals surface area (Å²) in [6.07, 6.45) is 23.2. The lowest BCUT2D eigenvalue weighted by Gasteiger charge is -2.43. The normalized spacial score (nSPS) is 59.4. The molecule has 6 aliphatic carbocycles. The van der Waals surface area contributed by atoms with Crippen LogP contribution in [0, 0.1) is 71.0 Å². The van der Waals surface area contributed by atoms with Crippen molar-refractivity contribution in [3.05, 3.63) is 0 Å². The zero-order valence-corrected chi connectivity index (χ0v) is 24.7. The predicted molar refractivity (Wildman–Crippen MR) is 153 cm³/mol. The molecule has 2 heteroatoms. The Balaban J connectivity index is 1.13. The van der Waals surface area contributed by atoms with Gasteiger partial charge in [-0.2, -0.15) is 0 Å². The van der Waals surface area contributed by atoms with E-state index >= 15 is 0 Å². The predicted octanol–water partition coefficient (Wildman–Crippen LogP) is 7.72. The Labute approximate surface area is 229 Å². The summed E-state index contributed by atoms with van der Waals surface area (Å²) in [6, 6.07) is 3.72. The molecule has 0 spiro atoms. The van der Waals surface area contributed by atoms with E-state index < -0.39 is 0 Å². The van der Waals surface area contributed by atoms with Crippen molar-refractivity contribution in [3.8, 4) is 0 Å². The molecule has 208 valence electrons. The highest BCUT2D eigenvalue weighted by Gasteiger charge is 2.65. The Morgan fingerprint density at radius 3 is 1.32 bits per heavy atom. The second kappa shape index (κ2) is 9.22. The number of fused-ring (bicyclic) bond motifs is 10. The SMILES string of the molecule is CC1CCC2C(C1)C1C3CCCCC3C(C[C@@H]3C4CCCCC4C4C5C[C@@H](C)CCC5N(C)C43)C1N2C. The van der Waals surface area contributed by atoms with Crippen LogP contribution in [-0.4, -0.2) is 48.1 Å². The van der Waals surface area contributed by atoms with Crippen molar-refractivity contribution in [2.45, 2.75) is 134 Å². The molecule has 0 aromatic carbocycles. The Kier molecular flexibility index (Phi) is 6.15. The van der Waals surface area contributed by atoms with Crippen molar-refractivity contribution < 1.29 is 0 Å². The summed E-state index contributed by atoms with van der Waals surface area (Å²) in [4.78, 5) is 6.10. The second-order valence-corrected chi connectivity index (χ2v) is 16.6. The number of nitrogens with zero attached hydrogens (tertiary/aromatic N) is 2. The van der Waals surface area contributed by atoms with Crippen molar-refractivity contribution in [2.24, 2.45) is 71.0 Å². The van der Waals surface area contributed by atoms with Gasteiger partial charge in [-0.1, -0.05) is 39.5 Å². The van der Waals surface area contributed by atoms with Crippen molar-refractivity contribution in [3.63, 3.8) is 0 Å². The lowest BCUT2D eigenvalue weighted by molar-refractivity contribution is 0.0576. The monoisotopic (exact) mass is 506 g/mol. The minimum atomic E-state index is 0.925. The molecule has 2 aliphatic heterocycles. The van der Waals surface area contributed by atoms with Gasteiger partial charge in [-0.05, 0) is 156 Å². The molecule has 8 aliphatic rings. The van der Waals surface area contributed by atoms with Crippen LogP contribution in [0.5, 0.6) is 0 Å². The van der Waals surface area contributed by atoms with E-state index in [1.165, 1.54) is 51.4 Å². The molecule has 0 aromatic rings. The molecule has 37 heavy (non-hydrogen) atoms. The molecule has 8 fully saturated rings. The van der Waals surface area contributed by atoms with Crippen LogP contribution in [0.25, 0.3) is 0 Å². The fourth-order valence-electron chi connectivity index (χ4n) is 14.3. The van der Waals surface area contributed by atoms with E-state index in [0.717, 1.165) is 95.2 Å². The Morgan fingerprint density at radius 2 is 0.892 bits per heavy atom. The van der Waals surface area contributed by atoms with E-state index in [2.05, 4.69) is 37.7 Å². The summed E-state index contributed by atoms with van der Waals surface area (Å²) in [6.45, 7) is 5.15. The summed E-state index contributed by atoms with van der Waals surface area (Å²) < 4.78 is 0. The number of hydrogen-bond donors (Lipinski definition) is 0. The quantitative estimate of drug-likeness (QED) is 0.378. The summed E-state index contributed by atoms with van der Waals surface area (Å²) >= 11 is 0. The van der Waals surface area contributed by atoms with Gasteiger partial charge in [0.2, 0.25) is 0 Å². The topological polar surface area (TPSA) is 6.48 Å². The van der Waals surface area contributed by atoms with Crippen LogP contribution >= 0.6 is 0 Å². The van der Waals surface area contributed by atoms with E-state index in [9.17, 15) is 0 Å². The van der Waals surface area contributed by atoms with Gasteiger partial charge < -0.3 is 0 Å². The third kappa shape index (κ3) is 3.55. The van der Waals surface area contributed by atoms with Gasteiger partial charge in [0.1, 0.15) is 0 Å². The first kappa shape index (κ1) is 24.7. The van der Waals surface area contributed by atoms with Gasteiger partial charge in [0.25, 0.3) is 0 Å². The Bertz CT molecular complexity index is 786. The molecule has 0 radical (unpaired) electrons. The highest BCUT2D eigenvalue weighted by atomic mass is 15.2. The summed E-state index contributed by atoms with van der Waals surface area (Å²) in [5.41, 5.74) is 0. The van der Waals surface area contributed by atoms with Gasteiger partial charge in [-0.3, -0.25) is 9.80 Å². The third-order valence-corrected chi connectivity index (χ3v) is 15.3. The molecule has 16 atom stereocenters. The summed E-state index contributed by atoms with van der Waals surface area (Å²) in [5, 5.41) is 0. The number of likely N-dealkylation sites (tertiary alicyclic amines) is 2. The van der Waals surface area contributed by atoms with Gasteiger partial charge in [0.05, 0.1) is 0 Å². The minimum Gasteiger partial charge on any atom is -0.300 e. The van der Waals surface area contributed by atoms with Crippen molar-refractivity contribution in [2.75, 3.05) is 14.1 Å². The maximum atomic E-state index is 3.05. The first-order valence-corrected chi connectivity index (χ1v) is 17.5. The molecule has 0 aromatic heterocycles. The second-order valence-electron chi connectivity index (χ2n) is 16.6. The third-order valence-electron chi connectivity index (χ3n) is 15.3. The van der Waals surface area contributed by atoms with E-state index in [1.807, 2.05) is 0 Å². The van der Waals surface area contributed by atoms with E-state index in [-0.39, 0.29) is 0 Å². The number of rotatable bonds is 2. The fourth-order valence-corrected chi connectivity index (χ4v) is 14.3. The lowest BCUT2D eigenvalue weighted by Crippen LogP contribution is -2.44. The zero-order chi connectivity index (χ0) is 25.0. The highest BCUT2D eigenvalue weighted by Crippen LogP contribution is 2.66. The van der Waals surface area contributed by atoms with Crippen LogP contribution in [0.1, 0.15) is 110 Å². The van der Waals surface area contributed by atoms with Crippen molar-refractivity contribution in [1.29, 1.82) is 0 Å². The van der Waals surface area contributed by atoms with Gasteiger partial charge in [0.15, 0.2) is 0 Å². The van der Waals surface area contributed by atoms with Gasteiger partial charge in [-0.15, -0.1) is 0 Å². The van der Waals surface area contributed by atoms with Gasteiger partial charge in [-0.25, -0.2) is 0 Å².